The molecule has 2 aromatic rings. The molecular weight excluding hydrogens is 266 g/mol. The summed E-state index contributed by atoms with van der Waals surface area (Å²) < 4.78 is 0. The molecule has 21 heavy (non-hydrogen) atoms. The van der Waals surface area contributed by atoms with E-state index in [2.05, 4.69) is 25.6 Å². The van der Waals surface area contributed by atoms with Gasteiger partial charge in [0, 0.05) is 12.7 Å². The highest BCUT2D eigenvalue weighted by molar-refractivity contribution is 5.91. The van der Waals surface area contributed by atoms with Gasteiger partial charge in [-0.25, -0.2) is 9.97 Å². The van der Waals surface area contributed by atoms with Gasteiger partial charge in [0.15, 0.2) is 0 Å². The minimum Gasteiger partial charge on any atom is -0.363 e. The van der Waals surface area contributed by atoms with Crippen LogP contribution < -0.4 is 10.6 Å². The molecule has 0 aliphatic rings. The summed E-state index contributed by atoms with van der Waals surface area (Å²) in [5.74, 6) is 0.815. The Morgan fingerprint density at radius 2 is 2.05 bits per heavy atom. The fraction of sp³-hybridized carbons (Fsp3) is 0.333. The van der Waals surface area contributed by atoms with E-state index in [1.165, 1.54) is 6.20 Å². The molecule has 110 valence electrons. The van der Waals surface area contributed by atoms with Crippen LogP contribution in [0.1, 0.15) is 30.0 Å². The van der Waals surface area contributed by atoms with Crippen LogP contribution in [-0.4, -0.2) is 27.4 Å². The lowest BCUT2D eigenvalue weighted by atomic mass is 10.2. The molecule has 0 saturated carbocycles. The number of pyridine rings is 1. The average Bonchev–Trinajstić information content (AvgIpc) is 2.52. The first-order chi connectivity index (χ1) is 10.1. The van der Waals surface area contributed by atoms with E-state index in [4.69, 9.17) is 0 Å². The summed E-state index contributed by atoms with van der Waals surface area (Å²) in [6, 6.07) is 5.72. The fourth-order valence-corrected chi connectivity index (χ4v) is 1.61. The van der Waals surface area contributed by atoms with Crippen molar-refractivity contribution in [2.45, 2.75) is 20.4 Å². The Morgan fingerprint density at radius 3 is 2.67 bits per heavy atom. The van der Waals surface area contributed by atoms with E-state index in [1.807, 2.05) is 32.0 Å². The van der Waals surface area contributed by atoms with Crippen molar-refractivity contribution in [2.24, 2.45) is 5.92 Å². The Balaban J connectivity index is 1.88. The van der Waals surface area contributed by atoms with Gasteiger partial charge < -0.3 is 10.6 Å². The topological polar surface area (TPSA) is 79.8 Å². The molecule has 2 N–H and O–H groups in total. The third kappa shape index (κ3) is 4.83. The maximum atomic E-state index is 11.8. The van der Waals surface area contributed by atoms with Crippen molar-refractivity contribution in [3.05, 3.63) is 48.2 Å². The minimum absolute atomic E-state index is 0.201. The normalized spacial score (nSPS) is 10.4. The number of rotatable bonds is 6. The lowest BCUT2D eigenvalue weighted by molar-refractivity contribution is 0.0943. The van der Waals surface area contributed by atoms with Gasteiger partial charge >= 0.3 is 0 Å². The van der Waals surface area contributed by atoms with Crippen LogP contribution in [0.2, 0.25) is 0 Å². The number of amides is 1. The van der Waals surface area contributed by atoms with Crippen LogP contribution >= 0.6 is 0 Å². The Kier molecular flexibility index (Phi) is 5.20. The van der Waals surface area contributed by atoms with E-state index in [0.717, 1.165) is 5.69 Å². The first-order valence-electron chi connectivity index (χ1n) is 6.89. The molecule has 6 nitrogen and oxygen atoms in total. The van der Waals surface area contributed by atoms with Gasteiger partial charge in [0.25, 0.3) is 5.91 Å². The molecule has 6 heteroatoms. The quantitative estimate of drug-likeness (QED) is 0.847. The van der Waals surface area contributed by atoms with E-state index in [0.29, 0.717) is 30.5 Å². The maximum absolute atomic E-state index is 11.8. The molecule has 0 aromatic carbocycles. The second kappa shape index (κ2) is 7.33. The first kappa shape index (κ1) is 14.9. The van der Waals surface area contributed by atoms with Crippen molar-refractivity contribution in [1.82, 2.24) is 20.3 Å². The zero-order chi connectivity index (χ0) is 15.1. The lowest BCUT2D eigenvalue weighted by Gasteiger charge is -2.08. The average molecular weight is 285 g/mol. The summed E-state index contributed by atoms with van der Waals surface area (Å²) in [5.41, 5.74) is 1.23. The molecule has 0 unspecified atom stereocenters. The molecule has 0 saturated heterocycles. The van der Waals surface area contributed by atoms with Gasteiger partial charge in [0.1, 0.15) is 11.5 Å². The van der Waals surface area contributed by atoms with Crippen molar-refractivity contribution < 1.29 is 4.79 Å². The Hall–Kier alpha value is -2.50. The zero-order valence-electron chi connectivity index (χ0n) is 12.2. The predicted octanol–water partition coefficient (Wildman–Crippen LogP) is 1.87. The van der Waals surface area contributed by atoms with Crippen molar-refractivity contribution in [1.29, 1.82) is 0 Å². The minimum atomic E-state index is -0.201. The van der Waals surface area contributed by atoms with Crippen molar-refractivity contribution in [2.75, 3.05) is 11.9 Å². The largest absolute Gasteiger partial charge is 0.363 e. The molecule has 0 atom stereocenters. The Labute approximate surface area is 124 Å². The molecule has 0 spiro atoms. The summed E-state index contributed by atoms with van der Waals surface area (Å²) in [6.45, 7) is 5.27. The van der Waals surface area contributed by atoms with Gasteiger partial charge in [-0.2, -0.15) is 0 Å². The van der Waals surface area contributed by atoms with Gasteiger partial charge in [-0.1, -0.05) is 19.9 Å². The molecule has 0 radical (unpaired) electrons. The van der Waals surface area contributed by atoms with Crippen LogP contribution in [0.15, 0.2) is 36.8 Å². The number of carbonyl (C=O) groups excluding carboxylic acids is 1. The molecule has 2 aromatic heterocycles. The van der Waals surface area contributed by atoms with E-state index in [9.17, 15) is 4.79 Å². The summed E-state index contributed by atoms with van der Waals surface area (Å²) in [5, 5.41) is 5.91. The SMILES string of the molecule is CC(C)CNC(=O)c1cnc(NCc2ccccn2)cn1. The highest BCUT2D eigenvalue weighted by atomic mass is 16.1. The fourth-order valence-electron chi connectivity index (χ4n) is 1.61. The predicted molar refractivity (Wildman–Crippen MR) is 80.8 cm³/mol. The van der Waals surface area contributed by atoms with Crippen LogP contribution in [-0.2, 0) is 6.54 Å². The third-order valence-corrected chi connectivity index (χ3v) is 2.73. The van der Waals surface area contributed by atoms with Crippen LogP contribution in [0.4, 0.5) is 5.82 Å². The van der Waals surface area contributed by atoms with Gasteiger partial charge in [0.05, 0.1) is 24.6 Å². The Morgan fingerprint density at radius 1 is 1.19 bits per heavy atom. The second-order valence-electron chi connectivity index (χ2n) is 5.07. The van der Waals surface area contributed by atoms with Crippen LogP contribution in [0, 0.1) is 5.92 Å². The van der Waals surface area contributed by atoms with Crippen molar-refractivity contribution >= 4 is 11.7 Å². The Bertz CT molecular complexity index is 568. The first-order valence-corrected chi connectivity index (χ1v) is 6.89. The number of nitrogens with one attached hydrogen (secondary N) is 2. The van der Waals surface area contributed by atoms with Gasteiger partial charge in [-0.15, -0.1) is 0 Å². The highest BCUT2D eigenvalue weighted by Gasteiger charge is 2.08. The molecule has 0 aliphatic carbocycles. The maximum Gasteiger partial charge on any atom is 0.271 e. The van der Waals surface area contributed by atoms with Gasteiger partial charge in [0.2, 0.25) is 0 Å². The monoisotopic (exact) mass is 285 g/mol. The van der Waals surface area contributed by atoms with E-state index in [-0.39, 0.29) is 5.91 Å². The van der Waals surface area contributed by atoms with E-state index in [1.54, 1.807) is 12.4 Å². The third-order valence-electron chi connectivity index (χ3n) is 2.73. The molecule has 1 amide bonds. The second-order valence-corrected chi connectivity index (χ2v) is 5.07. The number of anilines is 1. The molecule has 2 heterocycles. The summed E-state index contributed by atoms with van der Waals surface area (Å²) in [4.78, 5) is 24.3. The lowest BCUT2D eigenvalue weighted by Crippen LogP contribution is -2.28. The summed E-state index contributed by atoms with van der Waals surface area (Å²) in [7, 11) is 0. The zero-order valence-corrected chi connectivity index (χ0v) is 12.2. The van der Waals surface area contributed by atoms with Crippen LogP contribution in [0.3, 0.4) is 0 Å². The van der Waals surface area contributed by atoms with Crippen LogP contribution in [0.5, 0.6) is 0 Å². The van der Waals surface area contributed by atoms with E-state index < -0.39 is 0 Å². The number of hydrogen-bond donors (Lipinski definition) is 2. The summed E-state index contributed by atoms with van der Waals surface area (Å²) in [6.07, 6.45) is 4.76. The number of aromatic nitrogens is 3. The number of carbonyl (C=O) groups is 1. The molecule has 0 fully saturated rings. The highest BCUT2D eigenvalue weighted by Crippen LogP contribution is 2.04. The van der Waals surface area contributed by atoms with E-state index >= 15 is 0 Å². The van der Waals surface area contributed by atoms with Gasteiger partial charge in [-0.3, -0.25) is 9.78 Å². The number of hydrogen-bond acceptors (Lipinski definition) is 5. The molecular formula is C15H19N5O. The molecule has 0 bridgehead atoms. The number of nitrogens with zero attached hydrogens (tertiary/aromatic N) is 3. The van der Waals surface area contributed by atoms with Crippen LogP contribution in [0.25, 0.3) is 0 Å². The molecule has 2 rings (SSSR count). The van der Waals surface area contributed by atoms with Gasteiger partial charge in [-0.05, 0) is 18.1 Å². The standard InChI is InChI=1S/C15H19N5O/c1-11(2)7-20-15(21)13-9-19-14(10-17-13)18-8-12-5-3-4-6-16-12/h3-6,9-11H,7-8H2,1-2H3,(H,18,19)(H,20,21). The van der Waals surface area contributed by atoms with Crippen molar-refractivity contribution in [3.8, 4) is 0 Å². The smallest absolute Gasteiger partial charge is 0.271 e. The summed E-state index contributed by atoms with van der Waals surface area (Å²) >= 11 is 0. The van der Waals surface area contributed by atoms with Crippen molar-refractivity contribution in [3.63, 3.8) is 0 Å². The molecule has 0 aliphatic heterocycles.